The molecule has 0 saturated carbocycles. The van der Waals surface area contributed by atoms with Crippen LogP contribution in [-0.4, -0.2) is 24.5 Å². The van der Waals surface area contributed by atoms with E-state index < -0.39 is 5.54 Å². The van der Waals surface area contributed by atoms with Gasteiger partial charge in [-0.1, -0.05) is 6.07 Å². The van der Waals surface area contributed by atoms with Gasteiger partial charge in [0.15, 0.2) is 0 Å². The van der Waals surface area contributed by atoms with E-state index in [0.717, 1.165) is 31.6 Å². The number of anilines is 1. The predicted molar refractivity (Wildman–Crippen MR) is 73.6 cm³/mol. The van der Waals surface area contributed by atoms with Crippen LogP contribution in [0, 0.1) is 0 Å². The van der Waals surface area contributed by atoms with Gasteiger partial charge in [0, 0.05) is 5.69 Å². The first-order valence-corrected chi connectivity index (χ1v) is 6.40. The molecule has 1 aliphatic rings. The van der Waals surface area contributed by atoms with Crippen LogP contribution in [0.5, 0.6) is 0 Å². The average Bonchev–Trinajstić information content (AvgIpc) is 2.52. The molecule has 1 aromatic rings. The minimum atomic E-state index is -0.853. The average molecular weight is 247 g/mol. The molecule has 4 N–H and O–H groups in total. The molecule has 1 aliphatic heterocycles. The first-order chi connectivity index (χ1) is 8.47. The van der Waals surface area contributed by atoms with Crippen molar-refractivity contribution in [2.24, 2.45) is 5.73 Å². The fraction of sp³-hybridized carbons (Fsp3) is 0.500. The van der Waals surface area contributed by atoms with Crippen LogP contribution in [-0.2, 0) is 17.6 Å². The van der Waals surface area contributed by atoms with Crippen LogP contribution in [0.4, 0.5) is 5.69 Å². The maximum absolute atomic E-state index is 11.8. The van der Waals surface area contributed by atoms with Crippen molar-refractivity contribution in [2.75, 3.05) is 18.4 Å². The van der Waals surface area contributed by atoms with Gasteiger partial charge in [0.05, 0.1) is 5.54 Å². The number of carbonyl (C=O) groups is 1. The lowest BCUT2D eigenvalue weighted by molar-refractivity contribution is -0.120. The van der Waals surface area contributed by atoms with Crippen molar-refractivity contribution in [3.63, 3.8) is 0 Å². The highest BCUT2D eigenvalue weighted by molar-refractivity contribution is 5.97. The van der Waals surface area contributed by atoms with E-state index in [2.05, 4.69) is 22.8 Å². The number of nitrogens with one attached hydrogen (secondary N) is 2. The molecule has 1 heterocycles. The minimum Gasteiger partial charge on any atom is -0.325 e. The molecule has 0 saturated heterocycles. The molecule has 0 aliphatic carbocycles. The van der Waals surface area contributed by atoms with Crippen LogP contribution in [0.25, 0.3) is 0 Å². The van der Waals surface area contributed by atoms with E-state index in [1.54, 1.807) is 13.8 Å². The Morgan fingerprint density at radius 2 is 1.94 bits per heavy atom. The second kappa shape index (κ2) is 5.08. The molecule has 1 aromatic carbocycles. The van der Waals surface area contributed by atoms with Gasteiger partial charge in [-0.15, -0.1) is 0 Å². The number of rotatable bonds is 2. The molecule has 0 unspecified atom stereocenters. The summed E-state index contributed by atoms with van der Waals surface area (Å²) in [7, 11) is 0. The monoisotopic (exact) mass is 247 g/mol. The number of nitrogens with two attached hydrogens (primary N) is 1. The lowest BCUT2D eigenvalue weighted by atomic mass is 10.0. The van der Waals surface area contributed by atoms with Crippen LogP contribution in [0.1, 0.15) is 25.0 Å². The zero-order chi connectivity index (χ0) is 13.2. The van der Waals surface area contributed by atoms with Crippen LogP contribution in [0.3, 0.4) is 0 Å². The summed E-state index contributed by atoms with van der Waals surface area (Å²) in [5.41, 5.74) is 8.43. The largest absolute Gasteiger partial charge is 0.325 e. The topological polar surface area (TPSA) is 67.2 Å². The van der Waals surface area contributed by atoms with Gasteiger partial charge in [-0.05, 0) is 63.0 Å². The summed E-state index contributed by atoms with van der Waals surface area (Å²) in [6.07, 6.45) is 2.05. The van der Waals surface area contributed by atoms with Crippen molar-refractivity contribution in [1.29, 1.82) is 0 Å². The third-order valence-corrected chi connectivity index (χ3v) is 3.19. The second-order valence-electron chi connectivity index (χ2n) is 5.41. The van der Waals surface area contributed by atoms with Crippen molar-refractivity contribution in [3.05, 3.63) is 29.3 Å². The first-order valence-electron chi connectivity index (χ1n) is 6.40. The van der Waals surface area contributed by atoms with E-state index >= 15 is 0 Å². The maximum atomic E-state index is 11.8. The fourth-order valence-electron chi connectivity index (χ4n) is 2.04. The fourth-order valence-corrected chi connectivity index (χ4v) is 2.04. The standard InChI is InChI=1S/C14H21N3O/c1-14(2,15)13(18)17-12-4-3-10-5-7-16-8-6-11(10)9-12/h3-4,9,16H,5-8,15H2,1-2H3,(H,17,18). The van der Waals surface area contributed by atoms with Gasteiger partial charge < -0.3 is 16.4 Å². The summed E-state index contributed by atoms with van der Waals surface area (Å²) in [5, 5.41) is 6.24. The predicted octanol–water partition coefficient (Wildman–Crippen LogP) is 1.05. The van der Waals surface area contributed by atoms with Gasteiger partial charge in [-0.25, -0.2) is 0 Å². The molecule has 98 valence electrons. The number of amides is 1. The highest BCUT2D eigenvalue weighted by Gasteiger charge is 2.22. The smallest absolute Gasteiger partial charge is 0.243 e. The van der Waals surface area contributed by atoms with Crippen LogP contribution < -0.4 is 16.4 Å². The molecule has 0 aromatic heterocycles. The minimum absolute atomic E-state index is 0.158. The Labute approximate surface area is 108 Å². The lowest BCUT2D eigenvalue weighted by Crippen LogP contribution is -2.45. The van der Waals surface area contributed by atoms with Crippen LogP contribution in [0.2, 0.25) is 0 Å². The van der Waals surface area contributed by atoms with Gasteiger partial charge in [-0.3, -0.25) is 4.79 Å². The highest BCUT2D eigenvalue weighted by atomic mass is 16.2. The number of fused-ring (bicyclic) bond motifs is 1. The molecule has 0 spiro atoms. The van der Waals surface area contributed by atoms with E-state index in [4.69, 9.17) is 5.73 Å². The molecule has 0 bridgehead atoms. The number of carbonyl (C=O) groups excluding carboxylic acids is 1. The molecule has 0 atom stereocenters. The first kappa shape index (κ1) is 13.1. The normalized spacial score (nSPS) is 15.7. The summed E-state index contributed by atoms with van der Waals surface area (Å²) in [4.78, 5) is 11.8. The number of benzene rings is 1. The van der Waals surface area contributed by atoms with Crippen LogP contribution in [0.15, 0.2) is 18.2 Å². The summed E-state index contributed by atoms with van der Waals surface area (Å²) in [5.74, 6) is -0.158. The van der Waals surface area contributed by atoms with E-state index in [1.807, 2.05) is 6.07 Å². The Hall–Kier alpha value is -1.39. The SMILES string of the molecule is CC(C)(N)C(=O)Nc1ccc2c(c1)CCNCC2. The Morgan fingerprint density at radius 3 is 2.61 bits per heavy atom. The van der Waals surface area contributed by atoms with Crippen LogP contribution >= 0.6 is 0 Å². The molecular weight excluding hydrogens is 226 g/mol. The summed E-state index contributed by atoms with van der Waals surface area (Å²) in [6, 6.07) is 6.11. The van der Waals surface area contributed by atoms with Crippen molar-refractivity contribution < 1.29 is 4.79 Å². The zero-order valence-electron chi connectivity index (χ0n) is 11.0. The summed E-state index contributed by atoms with van der Waals surface area (Å²) >= 11 is 0. The zero-order valence-corrected chi connectivity index (χ0v) is 11.0. The van der Waals surface area contributed by atoms with Crippen molar-refractivity contribution in [3.8, 4) is 0 Å². The van der Waals surface area contributed by atoms with E-state index in [0.29, 0.717) is 0 Å². The highest BCUT2D eigenvalue weighted by Crippen LogP contribution is 2.19. The number of hydrogen-bond donors (Lipinski definition) is 3. The molecule has 1 amide bonds. The Bertz CT molecular complexity index is 449. The number of hydrogen-bond acceptors (Lipinski definition) is 3. The molecular formula is C14H21N3O. The summed E-state index contributed by atoms with van der Waals surface area (Å²) in [6.45, 7) is 5.42. The Kier molecular flexibility index (Phi) is 3.68. The molecule has 4 nitrogen and oxygen atoms in total. The molecule has 0 radical (unpaired) electrons. The van der Waals surface area contributed by atoms with Gasteiger partial charge in [0.2, 0.25) is 5.91 Å². The Morgan fingerprint density at radius 1 is 1.28 bits per heavy atom. The quantitative estimate of drug-likeness (QED) is 0.732. The van der Waals surface area contributed by atoms with E-state index in [-0.39, 0.29) is 5.91 Å². The molecule has 2 rings (SSSR count). The summed E-state index contributed by atoms with van der Waals surface area (Å²) < 4.78 is 0. The Balaban J connectivity index is 2.16. The maximum Gasteiger partial charge on any atom is 0.243 e. The molecule has 0 fully saturated rings. The van der Waals surface area contributed by atoms with Gasteiger partial charge in [0.1, 0.15) is 0 Å². The van der Waals surface area contributed by atoms with Crippen molar-refractivity contribution >= 4 is 11.6 Å². The lowest BCUT2D eigenvalue weighted by Gasteiger charge is -2.18. The third-order valence-electron chi connectivity index (χ3n) is 3.19. The molecule has 18 heavy (non-hydrogen) atoms. The van der Waals surface area contributed by atoms with E-state index in [1.165, 1.54) is 11.1 Å². The molecule has 4 heteroatoms. The van der Waals surface area contributed by atoms with Gasteiger partial charge in [0.25, 0.3) is 0 Å². The van der Waals surface area contributed by atoms with Gasteiger partial charge >= 0.3 is 0 Å². The second-order valence-corrected chi connectivity index (χ2v) is 5.41. The van der Waals surface area contributed by atoms with E-state index in [9.17, 15) is 4.79 Å². The van der Waals surface area contributed by atoms with Crippen molar-refractivity contribution in [1.82, 2.24) is 5.32 Å². The van der Waals surface area contributed by atoms with Gasteiger partial charge in [-0.2, -0.15) is 0 Å². The van der Waals surface area contributed by atoms with Crippen molar-refractivity contribution in [2.45, 2.75) is 32.2 Å². The third kappa shape index (κ3) is 3.09.